The van der Waals surface area contributed by atoms with Crippen LogP contribution in [-0.4, -0.2) is 29.7 Å². The van der Waals surface area contributed by atoms with Crippen LogP contribution in [0.3, 0.4) is 0 Å². The van der Waals surface area contributed by atoms with Gasteiger partial charge in [0.15, 0.2) is 0 Å². The molecule has 1 saturated heterocycles. The molecule has 1 aliphatic heterocycles. The van der Waals surface area contributed by atoms with Crippen molar-refractivity contribution in [3.05, 3.63) is 35.4 Å². The predicted molar refractivity (Wildman–Crippen MR) is 90.5 cm³/mol. The van der Waals surface area contributed by atoms with E-state index in [4.69, 9.17) is 4.74 Å². The monoisotopic (exact) mass is 313 g/mol. The standard InChI is InChI=1S/C20H27NO2/c1-19(2,3)23-18(22)21-12-15-8-9-17-16-7-5-4-6-14(16)10-11-20(15,17)13-21/h4-7,15,17H,8-13H2,1-3H3/t15-,17+,20?/m1/s1. The zero-order valence-corrected chi connectivity index (χ0v) is 14.5. The molecule has 2 aliphatic carbocycles. The fraction of sp³-hybridized carbons (Fsp3) is 0.650. The molecule has 3 aliphatic rings. The topological polar surface area (TPSA) is 29.5 Å². The van der Waals surface area contributed by atoms with Gasteiger partial charge >= 0.3 is 6.09 Å². The van der Waals surface area contributed by atoms with Crippen molar-refractivity contribution in [1.29, 1.82) is 0 Å². The second-order valence-electron chi connectivity index (χ2n) is 8.62. The zero-order valence-electron chi connectivity index (χ0n) is 14.5. The van der Waals surface area contributed by atoms with Gasteiger partial charge in [0, 0.05) is 13.1 Å². The van der Waals surface area contributed by atoms with Crippen molar-refractivity contribution < 1.29 is 9.53 Å². The molecule has 3 atom stereocenters. The molecular formula is C20H27NO2. The van der Waals surface area contributed by atoms with Crippen LogP contribution in [0.1, 0.15) is 57.1 Å². The fourth-order valence-electron chi connectivity index (χ4n) is 5.28. The molecule has 0 aromatic heterocycles. The Kier molecular flexibility index (Phi) is 3.26. The normalized spacial score (nSPS) is 32.2. The molecule has 1 heterocycles. The summed E-state index contributed by atoms with van der Waals surface area (Å²) in [5, 5.41) is 0. The Morgan fingerprint density at radius 2 is 2.04 bits per heavy atom. The molecule has 1 unspecified atom stereocenters. The third-order valence-electron chi connectivity index (χ3n) is 6.18. The SMILES string of the molecule is CC(C)(C)OC(=O)N1C[C@H]2CC[C@H]3c4ccccc4CCC23C1. The number of fused-ring (bicyclic) bond motifs is 2. The van der Waals surface area contributed by atoms with E-state index >= 15 is 0 Å². The lowest BCUT2D eigenvalue weighted by Crippen LogP contribution is -2.39. The molecule has 1 spiro atoms. The first kappa shape index (κ1) is 15.0. The van der Waals surface area contributed by atoms with Gasteiger partial charge in [0.25, 0.3) is 0 Å². The van der Waals surface area contributed by atoms with Crippen LogP contribution < -0.4 is 0 Å². The van der Waals surface area contributed by atoms with E-state index < -0.39 is 5.60 Å². The number of hydrogen-bond acceptors (Lipinski definition) is 2. The van der Waals surface area contributed by atoms with Crippen LogP contribution >= 0.6 is 0 Å². The van der Waals surface area contributed by atoms with Gasteiger partial charge in [-0.2, -0.15) is 0 Å². The molecule has 3 heteroatoms. The number of nitrogens with zero attached hydrogens (tertiary/aromatic N) is 1. The van der Waals surface area contributed by atoms with Crippen molar-refractivity contribution in [3.63, 3.8) is 0 Å². The van der Waals surface area contributed by atoms with Gasteiger partial charge in [-0.05, 0) is 74.8 Å². The number of benzene rings is 1. The van der Waals surface area contributed by atoms with Crippen LogP contribution in [-0.2, 0) is 11.2 Å². The first-order valence-electron chi connectivity index (χ1n) is 8.95. The van der Waals surface area contributed by atoms with Gasteiger partial charge in [-0.1, -0.05) is 24.3 Å². The largest absolute Gasteiger partial charge is 0.444 e. The molecule has 4 rings (SSSR count). The minimum atomic E-state index is -0.412. The second-order valence-corrected chi connectivity index (χ2v) is 8.62. The molecule has 0 bridgehead atoms. The van der Waals surface area contributed by atoms with Crippen molar-refractivity contribution in [3.8, 4) is 0 Å². The summed E-state index contributed by atoms with van der Waals surface area (Å²) in [6.45, 7) is 7.60. The van der Waals surface area contributed by atoms with Gasteiger partial charge in [-0.15, -0.1) is 0 Å². The first-order valence-corrected chi connectivity index (χ1v) is 8.95. The second kappa shape index (κ2) is 4.99. The maximum atomic E-state index is 12.5. The smallest absolute Gasteiger partial charge is 0.410 e. The molecule has 23 heavy (non-hydrogen) atoms. The molecule has 1 aromatic carbocycles. The van der Waals surface area contributed by atoms with Crippen molar-refractivity contribution in [2.45, 2.75) is 58.0 Å². The summed E-state index contributed by atoms with van der Waals surface area (Å²) in [6, 6.07) is 8.94. The summed E-state index contributed by atoms with van der Waals surface area (Å²) in [7, 11) is 0. The number of aryl methyl sites for hydroxylation is 1. The Bertz CT molecular complexity index is 633. The minimum absolute atomic E-state index is 0.126. The molecule has 1 saturated carbocycles. The lowest BCUT2D eigenvalue weighted by atomic mass is 9.63. The Hall–Kier alpha value is -1.51. The van der Waals surface area contributed by atoms with E-state index in [0.29, 0.717) is 17.3 Å². The molecule has 1 aromatic rings. The molecular weight excluding hydrogens is 286 g/mol. The number of hydrogen-bond donors (Lipinski definition) is 0. The van der Waals surface area contributed by atoms with Crippen LogP contribution in [0.25, 0.3) is 0 Å². The lowest BCUT2D eigenvalue weighted by molar-refractivity contribution is 0.0259. The van der Waals surface area contributed by atoms with Gasteiger partial charge in [-0.3, -0.25) is 0 Å². The Balaban J connectivity index is 1.59. The van der Waals surface area contributed by atoms with Gasteiger partial charge in [-0.25, -0.2) is 4.79 Å². The van der Waals surface area contributed by atoms with Gasteiger partial charge in [0.05, 0.1) is 0 Å². The minimum Gasteiger partial charge on any atom is -0.444 e. The van der Waals surface area contributed by atoms with Gasteiger partial charge in [0.2, 0.25) is 0 Å². The van der Waals surface area contributed by atoms with E-state index in [-0.39, 0.29) is 6.09 Å². The number of carbonyl (C=O) groups excluding carboxylic acids is 1. The maximum absolute atomic E-state index is 12.5. The van der Waals surface area contributed by atoms with E-state index in [1.54, 1.807) is 5.56 Å². The third kappa shape index (κ3) is 2.36. The Morgan fingerprint density at radius 3 is 2.83 bits per heavy atom. The summed E-state index contributed by atoms with van der Waals surface area (Å²) in [6.07, 6.45) is 4.78. The van der Waals surface area contributed by atoms with Crippen LogP contribution in [0.15, 0.2) is 24.3 Å². The number of likely N-dealkylation sites (tertiary alicyclic amines) is 1. The number of ether oxygens (including phenoxy) is 1. The molecule has 2 fully saturated rings. The highest BCUT2D eigenvalue weighted by molar-refractivity contribution is 5.69. The van der Waals surface area contributed by atoms with Crippen molar-refractivity contribution in [2.24, 2.45) is 11.3 Å². The van der Waals surface area contributed by atoms with E-state index in [1.807, 2.05) is 25.7 Å². The highest BCUT2D eigenvalue weighted by atomic mass is 16.6. The van der Waals surface area contributed by atoms with Crippen molar-refractivity contribution in [1.82, 2.24) is 4.90 Å². The van der Waals surface area contributed by atoms with Crippen LogP contribution in [0.4, 0.5) is 4.79 Å². The third-order valence-corrected chi connectivity index (χ3v) is 6.18. The quantitative estimate of drug-likeness (QED) is 0.712. The zero-order chi connectivity index (χ0) is 16.2. The Labute approximate surface area is 139 Å². The fourth-order valence-corrected chi connectivity index (χ4v) is 5.28. The highest BCUT2D eigenvalue weighted by Gasteiger charge is 2.58. The molecule has 3 nitrogen and oxygen atoms in total. The molecule has 1 amide bonds. The van der Waals surface area contributed by atoms with E-state index in [0.717, 1.165) is 19.5 Å². The molecule has 124 valence electrons. The van der Waals surface area contributed by atoms with Gasteiger partial charge in [0.1, 0.15) is 5.60 Å². The van der Waals surface area contributed by atoms with Crippen LogP contribution in [0.5, 0.6) is 0 Å². The summed E-state index contributed by atoms with van der Waals surface area (Å²) in [4.78, 5) is 14.5. The average molecular weight is 313 g/mol. The summed E-state index contributed by atoms with van der Waals surface area (Å²) in [5.41, 5.74) is 2.96. The number of carbonyl (C=O) groups is 1. The maximum Gasteiger partial charge on any atom is 0.410 e. The van der Waals surface area contributed by atoms with E-state index in [1.165, 1.54) is 24.8 Å². The first-order chi connectivity index (χ1) is 10.9. The summed E-state index contributed by atoms with van der Waals surface area (Å²) in [5.74, 6) is 1.28. The van der Waals surface area contributed by atoms with E-state index in [2.05, 4.69) is 24.3 Å². The predicted octanol–water partition coefficient (Wildman–Crippen LogP) is 4.36. The van der Waals surface area contributed by atoms with E-state index in [9.17, 15) is 4.79 Å². The number of amides is 1. The summed E-state index contributed by atoms with van der Waals surface area (Å²) < 4.78 is 5.62. The van der Waals surface area contributed by atoms with Crippen molar-refractivity contribution >= 4 is 6.09 Å². The van der Waals surface area contributed by atoms with Crippen molar-refractivity contribution in [2.75, 3.05) is 13.1 Å². The van der Waals surface area contributed by atoms with Crippen LogP contribution in [0.2, 0.25) is 0 Å². The van der Waals surface area contributed by atoms with Gasteiger partial charge < -0.3 is 9.64 Å². The highest BCUT2D eigenvalue weighted by Crippen LogP contribution is 2.61. The molecule has 0 N–H and O–H groups in total. The lowest BCUT2D eigenvalue weighted by Gasteiger charge is -2.41. The Morgan fingerprint density at radius 1 is 1.26 bits per heavy atom. The summed E-state index contributed by atoms with van der Waals surface area (Å²) >= 11 is 0. The average Bonchev–Trinajstić information content (AvgIpc) is 3.00. The number of rotatable bonds is 0. The molecule has 0 radical (unpaired) electrons. The van der Waals surface area contributed by atoms with Crippen LogP contribution in [0, 0.1) is 11.3 Å².